The Bertz CT molecular complexity index is 783. The van der Waals surface area contributed by atoms with Gasteiger partial charge in [0, 0.05) is 61.8 Å². The van der Waals surface area contributed by atoms with E-state index in [9.17, 15) is 0 Å². The van der Waals surface area contributed by atoms with Crippen molar-refractivity contribution in [2.45, 2.75) is 20.0 Å². The van der Waals surface area contributed by atoms with E-state index >= 15 is 0 Å². The van der Waals surface area contributed by atoms with Crippen molar-refractivity contribution in [2.75, 3.05) is 42.6 Å². The van der Waals surface area contributed by atoms with Crippen LogP contribution in [0.2, 0.25) is 0 Å². The van der Waals surface area contributed by atoms with Crippen LogP contribution < -0.4 is 9.80 Å². The molecule has 0 aliphatic carbocycles. The summed E-state index contributed by atoms with van der Waals surface area (Å²) in [6, 6.07) is 2.08. The average Bonchev–Trinajstić information content (AvgIpc) is 3.20. The predicted molar refractivity (Wildman–Crippen MR) is 93.6 cm³/mol. The van der Waals surface area contributed by atoms with Gasteiger partial charge in [0.2, 0.25) is 0 Å². The summed E-state index contributed by atoms with van der Waals surface area (Å²) in [5.41, 5.74) is 3.37. The SMILES string of the molecule is Cc1cc(N2CC3CN(c4ncnc5c4COCC5)CC3C2)ncn1. The second kappa shape index (κ2) is 5.91. The van der Waals surface area contributed by atoms with Gasteiger partial charge in [0.1, 0.15) is 24.3 Å². The Labute approximate surface area is 147 Å². The van der Waals surface area contributed by atoms with Gasteiger partial charge in [-0.3, -0.25) is 0 Å². The molecule has 0 N–H and O–H groups in total. The summed E-state index contributed by atoms with van der Waals surface area (Å²) in [6.07, 6.45) is 4.27. The van der Waals surface area contributed by atoms with E-state index in [2.05, 4.69) is 35.8 Å². The number of hydrogen-bond acceptors (Lipinski definition) is 7. The highest BCUT2D eigenvalue weighted by molar-refractivity contribution is 5.51. The van der Waals surface area contributed by atoms with Crippen LogP contribution in [0.1, 0.15) is 17.0 Å². The predicted octanol–water partition coefficient (Wildman–Crippen LogP) is 1.22. The van der Waals surface area contributed by atoms with E-state index in [1.54, 1.807) is 12.7 Å². The van der Waals surface area contributed by atoms with Crippen LogP contribution in [-0.2, 0) is 17.8 Å². The molecule has 2 aromatic heterocycles. The van der Waals surface area contributed by atoms with Crippen LogP contribution in [0.15, 0.2) is 18.7 Å². The standard InChI is InChI=1S/C18H22N6O/c1-12-4-17(21-10-19-12)23-5-13-7-24(8-14(13)6-23)18-15-9-25-3-2-16(15)20-11-22-18/h4,10-11,13-14H,2-3,5-9H2,1H3. The van der Waals surface area contributed by atoms with Crippen molar-refractivity contribution in [3.8, 4) is 0 Å². The van der Waals surface area contributed by atoms with Gasteiger partial charge in [-0.1, -0.05) is 0 Å². The monoisotopic (exact) mass is 338 g/mol. The number of ether oxygens (including phenoxy) is 1. The minimum Gasteiger partial charge on any atom is -0.376 e. The average molecular weight is 338 g/mol. The number of anilines is 2. The molecule has 2 aromatic rings. The molecular weight excluding hydrogens is 316 g/mol. The lowest BCUT2D eigenvalue weighted by Crippen LogP contribution is -2.31. The first-order chi connectivity index (χ1) is 12.3. The summed E-state index contributed by atoms with van der Waals surface area (Å²) in [6.45, 7) is 7.64. The number of rotatable bonds is 2. The fraction of sp³-hybridized carbons (Fsp3) is 0.556. The lowest BCUT2D eigenvalue weighted by atomic mass is 10.0. The fourth-order valence-electron chi connectivity index (χ4n) is 4.38. The number of nitrogens with zero attached hydrogens (tertiary/aromatic N) is 6. The molecule has 25 heavy (non-hydrogen) atoms. The third-order valence-electron chi connectivity index (χ3n) is 5.64. The van der Waals surface area contributed by atoms with E-state index in [1.165, 1.54) is 5.56 Å². The minimum atomic E-state index is 0.643. The van der Waals surface area contributed by atoms with Gasteiger partial charge in [0.15, 0.2) is 0 Å². The summed E-state index contributed by atoms with van der Waals surface area (Å²) >= 11 is 0. The summed E-state index contributed by atoms with van der Waals surface area (Å²) in [7, 11) is 0. The third-order valence-corrected chi connectivity index (χ3v) is 5.64. The lowest BCUT2D eigenvalue weighted by Gasteiger charge is -2.26. The molecular formula is C18H22N6O. The van der Waals surface area contributed by atoms with Gasteiger partial charge in [0.05, 0.1) is 18.9 Å². The van der Waals surface area contributed by atoms with Crippen LogP contribution in [0.5, 0.6) is 0 Å². The van der Waals surface area contributed by atoms with Crippen molar-refractivity contribution in [3.05, 3.63) is 35.7 Å². The molecule has 0 amide bonds. The van der Waals surface area contributed by atoms with Gasteiger partial charge >= 0.3 is 0 Å². The fourth-order valence-corrected chi connectivity index (χ4v) is 4.38. The molecule has 0 spiro atoms. The van der Waals surface area contributed by atoms with Crippen LogP contribution in [0.4, 0.5) is 11.6 Å². The van der Waals surface area contributed by atoms with E-state index in [1.807, 2.05) is 6.92 Å². The van der Waals surface area contributed by atoms with E-state index in [0.717, 1.165) is 62.2 Å². The van der Waals surface area contributed by atoms with Gasteiger partial charge in [-0.05, 0) is 6.92 Å². The molecule has 5 heterocycles. The number of aromatic nitrogens is 4. The zero-order valence-electron chi connectivity index (χ0n) is 14.4. The Morgan fingerprint density at radius 1 is 0.960 bits per heavy atom. The Morgan fingerprint density at radius 3 is 2.52 bits per heavy atom. The number of fused-ring (bicyclic) bond motifs is 2. The smallest absolute Gasteiger partial charge is 0.137 e. The summed E-state index contributed by atoms with van der Waals surface area (Å²) in [5.74, 6) is 3.46. The van der Waals surface area contributed by atoms with Gasteiger partial charge in [-0.25, -0.2) is 19.9 Å². The normalized spacial score (nSPS) is 25.2. The first-order valence-electron chi connectivity index (χ1n) is 8.97. The maximum atomic E-state index is 5.65. The third kappa shape index (κ3) is 2.63. The molecule has 3 aliphatic heterocycles. The van der Waals surface area contributed by atoms with Crippen molar-refractivity contribution >= 4 is 11.6 Å². The molecule has 0 aromatic carbocycles. The lowest BCUT2D eigenvalue weighted by molar-refractivity contribution is 0.109. The van der Waals surface area contributed by atoms with Crippen molar-refractivity contribution in [2.24, 2.45) is 11.8 Å². The van der Waals surface area contributed by atoms with Crippen LogP contribution in [0.25, 0.3) is 0 Å². The molecule has 7 nitrogen and oxygen atoms in total. The van der Waals surface area contributed by atoms with Crippen LogP contribution in [-0.4, -0.2) is 52.7 Å². The van der Waals surface area contributed by atoms with Crippen molar-refractivity contribution in [3.63, 3.8) is 0 Å². The van der Waals surface area contributed by atoms with E-state index < -0.39 is 0 Å². The van der Waals surface area contributed by atoms with Gasteiger partial charge < -0.3 is 14.5 Å². The highest BCUT2D eigenvalue weighted by Gasteiger charge is 2.41. The summed E-state index contributed by atoms with van der Waals surface area (Å²) in [5, 5.41) is 0. The Hall–Kier alpha value is -2.28. The van der Waals surface area contributed by atoms with Crippen molar-refractivity contribution in [1.29, 1.82) is 0 Å². The molecule has 2 fully saturated rings. The summed E-state index contributed by atoms with van der Waals surface area (Å²) < 4.78 is 5.65. The molecule has 7 heteroatoms. The second-order valence-electron chi connectivity index (χ2n) is 7.27. The van der Waals surface area contributed by atoms with Crippen LogP contribution >= 0.6 is 0 Å². The molecule has 3 aliphatic rings. The van der Waals surface area contributed by atoms with Crippen molar-refractivity contribution in [1.82, 2.24) is 19.9 Å². The molecule has 2 atom stereocenters. The van der Waals surface area contributed by atoms with Gasteiger partial charge in [-0.15, -0.1) is 0 Å². The second-order valence-corrected chi connectivity index (χ2v) is 7.27. The minimum absolute atomic E-state index is 0.643. The molecule has 0 bridgehead atoms. The highest BCUT2D eigenvalue weighted by atomic mass is 16.5. The van der Waals surface area contributed by atoms with E-state index in [-0.39, 0.29) is 0 Å². The van der Waals surface area contributed by atoms with E-state index in [0.29, 0.717) is 18.4 Å². The van der Waals surface area contributed by atoms with Gasteiger partial charge in [-0.2, -0.15) is 0 Å². The quantitative estimate of drug-likeness (QED) is 0.815. The largest absolute Gasteiger partial charge is 0.376 e. The van der Waals surface area contributed by atoms with Crippen molar-refractivity contribution < 1.29 is 4.74 Å². The summed E-state index contributed by atoms with van der Waals surface area (Å²) in [4.78, 5) is 22.5. The van der Waals surface area contributed by atoms with Crippen LogP contribution in [0.3, 0.4) is 0 Å². The first kappa shape index (κ1) is 15.0. The Morgan fingerprint density at radius 2 is 1.72 bits per heavy atom. The number of aryl methyl sites for hydroxylation is 1. The van der Waals surface area contributed by atoms with E-state index in [4.69, 9.17) is 4.74 Å². The van der Waals surface area contributed by atoms with Crippen LogP contribution in [0, 0.1) is 18.8 Å². The Kier molecular flexibility index (Phi) is 3.55. The topological polar surface area (TPSA) is 67.3 Å². The highest BCUT2D eigenvalue weighted by Crippen LogP contribution is 2.36. The molecule has 0 radical (unpaired) electrons. The molecule has 2 saturated heterocycles. The first-order valence-corrected chi connectivity index (χ1v) is 8.97. The molecule has 2 unspecified atom stereocenters. The molecule has 0 saturated carbocycles. The molecule has 130 valence electrons. The zero-order valence-corrected chi connectivity index (χ0v) is 14.4. The molecule has 5 rings (SSSR count). The number of hydrogen-bond donors (Lipinski definition) is 0. The maximum Gasteiger partial charge on any atom is 0.137 e. The maximum absolute atomic E-state index is 5.65. The zero-order chi connectivity index (χ0) is 16.8. The van der Waals surface area contributed by atoms with Gasteiger partial charge in [0.25, 0.3) is 0 Å². The Balaban J connectivity index is 1.33.